The topological polar surface area (TPSA) is 72.9 Å². The van der Waals surface area contributed by atoms with Crippen LogP contribution in [0.5, 0.6) is 0 Å². The van der Waals surface area contributed by atoms with Crippen molar-refractivity contribution >= 4 is 5.91 Å². The highest BCUT2D eigenvalue weighted by molar-refractivity contribution is 5.76. The standard InChI is InChI=1S/C13H24N4O/c1-11(2)9-13(3,10-14)16-12(18)5-8-17-7-4-6-15-17/h4,6-7,11H,5,8-10,14H2,1-3H3,(H,16,18). The largest absolute Gasteiger partial charge is 0.350 e. The summed E-state index contributed by atoms with van der Waals surface area (Å²) in [7, 11) is 0. The van der Waals surface area contributed by atoms with Crippen molar-refractivity contribution in [2.75, 3.05) is 6.54 Å². The maximum Gasteiger partial charge on any atom is 0.222 e. The Morgan fingerprint density at radius 3 is 2.78 bits per heavy atom. The van der Waals surface area contributed by atoms with Gasteiger partial charge in [0.2, 0.25) is 5.91 Å². The van der Waals surface area contributed by atoms with E-state index in [0.29, 0.717) is 25.4 Å². The SMILES string of the molecule is CC(C)CC(C)(CN)NC(=O)CCn1cccn1. The lowest BCUT2D eigenvalue weighted by Gasteiger charge is -2.31. The molecule has 1 aromatic heterocycles. The fourth-order valence-electron chi connectivity index (χ4n) is 2.13. The number of nitrogens with zero attached hydrogens (tertiary/aromatic N) is 2. The summed E-state index contributed by atoms with van der Waals surface area (Å²) in [6, 6.07) is 1.85. The lowest BCUT2D eigenvalue weighted by molar-refractivity contribution is -0.123. The van der Waals surface area contributed by atoms with Gasteiger partial charge in [0.15, 0.2) is 0 Å². The zero-order chi connectivity index (χ0) is 13.6. The molecule has 1 aromatic rings. The van der Waals surface area contributed by atoms with E-state index in [1.165, 1.54) is 0 Å². The highest BCUT2D eigenvalue weighted by Gasteiger charge is 2.25. The molecule has 0 radical (unpaired) electrons. The first-order valence-corrected chi connectivity index (χ1v) is 6.44. The van der Waals surface area contributed by atoms with Crippen LogP contribution in [0.2, 0.25) is 0 Å². The molecule has 1 heterocycles. The molecule has 0 saturated heterocycles. The number of carbonyl (C=O) groups excluding carboxylic acids is 1. The number of amides is 1. The number of hydrogen-bond donors (Lipinski definition) is 2. The second-order valence-corrected chi connectivity index (χ2v) is 5.43. The third-order valence-corrected chi connectivity index (χ3v) is 2.88. The number of hydrogen-bond acceptors (Lipinski definition) is 3. The Kier molecular flexibility index (Phi) is 5.34. The lowest BCUT2D eigenvalue weighted by Crippen LogP contribution is -2.52. The smallest absolute Gasteiger partial charge is 0.222 e. The Morgan fingerprint density at radius 2 is 2.28 bits per heavy atom. The van der Waals surface area contributed by atoms with Crippen LogP contribution in [-0.2, 0) is 11.3 Å². The molecule has 0 fully saturated rings. The molecule has 102 valence electrons. The molecule has 5 heteroatoms. The molecule has 5 nitrogen and oxygen atoms in total. The summed E-state index contributed by atoms with van der Waals surface area (Å²) in [6.07, 6.45) is 4.87. The van der Waals surface area contributed by atoms with Crippen molar-refractivity contribution in [1.82, 2.24) is 15.1 Å². The molecule has 0 aromatic carbocycles. The van der Waals surface area contributed by atoms with Gasteiger partial charge in [0.25, 0.3) is 0 Å². The van der Waals surface area contributed by atoms with Gasteiger partial charge in [-0.3, -0.25) is 9.48 Å². The second-order valence-electron chi connectivity index (χ2n) is 5.43. The van der Waals surface area contributed by atoms with Crippen LogP contribution in [-0.4, -0.2) is 27.8 Å². The van der Waals surface area contributed by atoms with Gasteiger partial charge in [-0.05, 0) is 25.3 Å². The van der Waals surface area contributed by atoms with Crippen LogP contribution in [0.25, 0.3) is 0 Å². The predicted octanol–water partition coefficient (Wildman–Crippen LogP) is 1.15. The number of carbonyl (C=O) groups is 1. The van der Waals surface area contributed by atoms with E-state index in [2.05, 4.69) is 24.3 Å². The van der Waals surface area contributed by atoms with Crippen molar-refractivity contribution in [1.29, 1.82) is 0 Å². The van der Waals surface area contributed by atoms with E-state index in [0.717, 1.165) is 6.42 Å². The average molecular weight is 252 g/mol. The number of aryl methyl sites for hydroxylation is 1. The second kappa shape index (κ2) is 6.54. The van der Waals surface area contributed by atoms with Crippen LogP contribution in [0.15, 0.2) is 18.5 Å². The summed E-state index contributed by atoms with van der Waals surface area (Å²) in [5.74, 6) is 0.532. The summed E-state index contributed by atoms with van der Waals surface area (Å²) in [5, 5.41) is 7.10. The molecule has 3 N–H and O–H groups in total. The third kappa shape index (κ3) is 4.87. The molecule has 0 saturated carbocycles. The maximum absolute atomic E-state index is 11.9. The fraction of sp³-hybridized carbons (Fsp3) is 0.692. The van der Waals surface area contributed by atoms with E-state index in [4.69, 9.17) is 5.73 Å². The molecule has 1 amide bonds. The highest BCUT2D eigenvalue weighted by Crippen LogP contribution is 2.15. The Labute approximate surface area is 109 Å². The quantitative estimate of drug-likeness (QED) is 0.764. The molecule has 0 aliphatic rings. The highest BCUT2D eigenvalue weighted by atomic mass is 16.1. The van der Waals surface area contributed by atoms with E-state index >= 15 is 0 Å². The molecule has 18 heavy (non-hydrogen) atoms. The number of rotatable bonds is 7. The minimum atomic E-state index is -0.310. The van der Waals surface area contributed by atoms with Gasteiger partial charge >= 0.3 is 0 Å². The van der Waals surface area contributed by atoms with Crippen LogP contribution in [0, 0.1) is 5.92 Å². The number of nitrogens with one attached hydrogen (secondary N) is 1. The average Bonchev–Trinajstić information content (AvgIpc) is 2.78. The first-order valence-electron chi connectivity index (χ1n) is 6.44. The molecule has 0 aliphatic heterocycles. The number of aromatic nitrogens is 2. The molecule has 1 unspecified atom stereocenters. The first-order chi connectivity index (χ1) is 8.45. The van der Waals surface area contributed by atoms with Gasteiger partial charge in [-0.2, -0.15) is 5.10 Å². The summed E-state index contributed by atoms with van der Waals surface area (Å²) in [4.78, 5) is 11.9. The minimum absolute atomic E-state index is 0.0269. The first kappa shape index (κ1) is 14.7. The summed E-state index contributed by atoms with van der Waals surface area (Å²) in [5.41, 5.74) is 5.45. The number of nitrogens with two attached hydrogens (primary N) is 1. The van der Waals surface area contributed by atoms with Crippen LogP contribution in [0.3, 0.4) is 0 Å². The molecular weight excluding hydrogens is 228 g/mol. The zero-order valence-electron chi connectivity index (χ0n) is 11.5. The van der Waals surface area contributed by atoms with Gasteiger partial charge in [-0.15, -0.1) is 0 Å². The van der Waals surface area contributed by atoms with E-state index in [1.54, 1.807) is 10.9 Å². The summed E-state index contributed by atoms with van der Waals surface area (Å²) in [6.45, 7) is 7.31. The lowest BCUT2D eigenvalue weighted by atomic mass is 9.90. The van der Waals surface area contributed by atoms with Gasteiger partial charge in [-0.1, -0.05) is 13.8 Å². The normalized spacial score (nSPS) is 14.5. The Bertz CT molecular complexity index is 361. The van der Waals surface area contributed by atoms with Gasteiger partial charge in [-0.25, -0.2) is 0 Å². The van der Waals surface area contributed by atoms with Crippen LogP contribution >= 0.6 is 0 Å². The van der Waals surface area contributed by atoms with Crippen LogP contribution < -0.4 is 11.1 Å². The predicted molar refractivity (Wildman–Crippen MR) is 71.9 cm³/mol. The third-order valence-electron chi connectivity index (χ3n) is 2.88. The van der Waals surface area contributed by atoms with Gasteiger partial charge < -0.3 is 11.1 Å². The summed E-state index contributed by atoms with van der Waals surface area (Å²) < 4.78 is 1.75. The van der Waals surface area contributed by atoms with Gasteiger partial charge in [0, 0.05) is 37.4 Å². The van der Waals surface area contributed by atoms with E-state index in [1.807, 2.05) is 19.2 Å². The van der Waals surface area contributed by atoms with Crippen LogP contribution in [0.4, 0.5) is 0 Å². The van der Waals surface area contributed by atoms with Crippen molar-refractivity contribution in [2.45, 2.75) is 45.7 Å². The zero-order valence-corrected chi connectivity index (χ0v) is 11.5. The van der Waals surface area contributed by atoms with Crippen molar-refractivity contribution < 1.29 is 4.79 Å². The maximum atomic E-state index is 11.9. The van der Waals surface area contributed by atoms with Crippen molar-refractivity contribution in [3.8, 4) is 0 Å². The van der Waals surface area contributed by atoms with Crippen molar-refractivity contribution in [2.24, 2.45) is 11.7 Å². The minimum Gasteiger partial charge on any atom is -0.350 e. The molecule has 0 bridgehead atoms. The van der Waals surface area contributed by atoms with Gasteiger partial charge in [0.1, 0.15) is 0 Å². The van der Waals surface area contributed by atoms with E-state index in [9.17, 15) is 4.79 Å². The summed E-state index contributed by atoms with van der Waals surface area (Å²) >= 11 is 0. The Hall–Kier alpha value is -1.36. The van der Waals surface area contributed by atoms with Crippen LogP contribution in [0.1, 0.15) is 33.6 Å². The Balaban J connectivity index is 2.42. The monoisotopic (exact) mass is 252 g/mol. The molecule has 1 atom stereocenters. The molecule has 0 spiro atoms. The fourth-order valence-corrected chi connectivity index (χ4v) is 2.13. The van der Waals surface area contributed by atoms with Gasteiger partial charge in [0.05, 0.1) is 0 Å². The van der Waals surface area contributed by atoms with Crippen molar-refractivity contribution in [3.63, 3.8) is 0 Å². The van der Waals surface area contributed by atoms with E-state index in [-0.39, 0.29) is 11.4 Å². The van der Waals surface area contributed by atoms with Crippen molar-refractivity contribution in [3.05, 3.63) is 18.5 Å². The van der Waals surface area contributed by atoms with E-state index < -0.39 is 0 Å². The molecule has 0 aliphatic carbocycles. The molecule has 1 rings (SSSR count). The Morgan fingerprint density at radius 1 is 1.56 bits per heavy atom. The molecular formula is C13H24N4O.